The van der Waals surface area contributed by atoms with Crippen molar-refractivity contribution in [3.05, 3.63) is 34.1 Å². The minimum absolute atomic E-state index is 0.251. The second-order valence-corrected chi connectivity index (χ2v) is 5.96. The van der Waals surface area contributed by atoms with E-state index in [1.54, 1.807) is 18.2 Å². The van der Waals surface area contributed by atoms with Gasteiger partial charge in [0.15, 0.2) is 0 Å². The number of fused-ring (bicyclic) bond motifs is 2. The average molecular weight is 285 g/mol. The monoisotopic (exact) mass is 284 g/mol. The molecule has 0 aliphatic heterocycles. The Morgan fingerprint density at radius 3 is 2.81 bits per heavy atom. The molecule has 2 aliphatic rings. The van der Waals surface area contributed by atoms with Gasteiger partial charge in [-0.1, -0.05) is 12.1 Å². The van der Waals surface area contributed by atoms with Crippen molar-refractivity contribution < 1.29 is 9.50 Å². The van der Waals surface area contributed by atoms with Gasteiger partial charge in [-0.3, -0.25) is 0 Å². The van der Waals surface area contributed by atoms with Gasteiger partial charge in [0, 0.05) is 5.56 Å². The average Bonchev–Trinajstić information content (AvgIpc) is 2.82. The quantitative estimate of drug-likeness (QED) is 0.836. The fraction of sp³-hybridized carbons (Fsp3) is 0.538. The number of rotatable bonds is 1. The van der Waals surface area contributed by atoms with E-state index in [1.807, 2.05) is 0 Å². The molecule has 3 heteroatoms. The minimum atomic E-state index is -0.920. The Bertz CT molecular complexity index is 434. The Balaban J connectivity index is 2.06. The lowest BCUT2D eigenvalue weighted by molar-refractivity contribution is -0.0213. The maximum Gasteiger partial charge on any atom is 0.143 e. The molecule has 0 radical (unpaired) electrons. The third-order valence-corrected chi connectivity index (χ3v) is 4.85. The first-order valence-electron chi connectivity index (χ1n) is 5.78. The van der Waals surface area contributed by atoms with Crippen LogP contribution in [0.4, 0.5) is 4.39 Å². The first-order chi connectivity index (χ1) is 7.61. The van der Waals surface area contributed by atoms with Crippen molar-refractivity contribution in [3.63, 3.8) is 0 Å². The van der Waals surface area contributed by atoms with E-state index >= 15 is 0 Å². The van der Waals surface area contributed by atoms with Crippen LogP contribution in [0.25, 0.3) is 0 Å². The summed E-state index contributed by atoms with van der Waals surface area (Å²) in [5.74, 6) is 0.548. The van der Waals surface area contributed by atoms with Gasteiger partial charge in [0.05, 0.1) is 10.1 Å². The molecule has 1 N–H and O–H groups in total. The molecule has 1 nitrogen and oxygen atoms in total. The van der Waals surface area contributed by atoms with E-state index in [0.717, 1.165) is 19.3 Å². The van der Waals surface area contributed by atoms with Crippen LogP contribution < -0.4 is 0 Å². The molecule has 1 aromatic carbocycles. The van der Waals surface area contributed by atoms with Gasteiger partial charge in [0.2, 0.25) is 0 Å². The van der Waals surface area contributed by atoms with Gasteiger partial charge in [-0.2, -0.15) is 0 Å². The van der Waals surface area contributed by atoms with Gasteiger partial charge in [-0.05, 0) is 59.5 Å². The molecule has 2 saturated carbocycles. The summed E-state index contributed by atoms with van der Waals surface area (Å²) < 4.78 is 14.5. The smallest absolute Gasteiger partial charge is 0.143 e. The molecule has 2 aliphatic carbocycles. The van der Waals surface area contributed by atoms with E-state index in [-0.39, 0.29) is 11.7 Å². The minimum Gasteiger partial charge on any atom is -0.385 e. The van der Waals surface area contributed by atoms with Crippen LogP contribution >= 0.6 is 15.9 Å². The van der Waals surface area contributed by atoms with Crippen molar-refractivity contribution in [1.29, 1.82) is 0 Å². The summed E-state index contributed by atoms with van der Waals surface area (Å²) in [5, 5.41) is 10.7. The number of hydrogen-bond donors (Lipinski definition) is 1. The number of aliphatic hydroxyl groups is 1. The molecule has 86 valence electrons. The molecular formula is C13H14BrFO. The van der Waals surface area contributed by atoms with E-state index in [2.05, 4.69) is 15.9 Å². The summed E-state index contributed by atoms with van der Waals surface area (Å²) in [6.07, 6.45) is 4.02. The summed E-state index contributed by atoms with van der Waals surface area (Å²) >= 11 is 3.18. The molecule has 3 rings (SSSR count). The largest absolute Gasteiger partial charge is 0.385 e. The molecule has 3 atom stereocenters. The fourth-order valence-electron chi connectivity index (χ4n) is 3.47. The van der Waals surface area contributed by atoms with Crippen molar-refractivity contribution in [2.24, 2.45) is 11.8 Å². The second-order valence-electron chi connectivity index (χ2n) is 5.11. The van der Waals surface area contributed by atoms with Crippen LogP contribution in [0.1, 0.15) is 31.2 Å². The lowest BCUT2D eigenvalue weighted by atomic mass is 9.79. The third-order valence-electron chi connectivity index (χ3n) is 4.23. The van der Waals surface area contributed by atoms with E-state index in [0.29, 0.717) is 16.0 Å². The number of hydrogen-bond acceptors (Lipinski definition) is 1. The van der Waals surface area contributed by atoms with Crippen molar-refractivity contribution >= 4 is 15.9 Å². The summed E-state index contributed by atoms with van der Waals surface area (Å²) in [4.78, 5) is 0. The molecule has 0 amide bonds. The highest BCUT2D eigenvalue weighted by molar-refractivity contribution is 9.10. The maximum absolute atomic E-state index is 14.0. The Hall–Kier alpha value is -0.410. The zero-order valence-corrected chi connectivity index (χ0v) is 10.5. The van der Waals surface area contributed by atoms with Gasteiger partial charge in [-0.15, -0.1) is 0 Å². The van der Waals surface area contributed by atoms with E-state index in [9.17, 15) is 9.50 Å². The summed E-state index contributed by atoms with van der Waals surface area (Å²) in [7, 11) is 0. The number of benzene rings is 1. The molecule has 2 fully saturated rings. The summed E-state index contributed by atoms with van der Waals surface area (Å²) in [5.41, 5.74) is -0.439. The fourth-order valence-corrected chi connectivity index (χ4v) is 3.84. The van der Waals surface area contributed by atoms with Gasteiger partial charge in [0.1, 0.15) is 5.82 Å². The van der Waals surface area contributed by atoms with Crippen molar-refractivity contribution in [2.75, 3.05) is 0 Å². The molecule has 0 spiro atoms. The highest BCUT2D eigenvalue weighted by Crippen LogP contribution is 2.56. The lowest BCUT2D eigenvalue weighted by Crippen LogP contribution is -2.33. The van der Waals surface area contributed by atoms with Crippen molar-refractivity contribution in [3.8, 4) is 0 Å². The van der Waals surface area contributed by atoms with Gasteiger partial charge in [0.25, 0.3) is 0 Å². The molecule has 1 aromatic rings. The highest BCUT2D eigenvalue weighted by atomic mass is 79.9. The zero-order valence-electron chi connectivity index (χ0n) is 8.92. The van der Waals surface area contributed by atoms with Gasteiger partial charge < -0.3 is 5.11 Å². The van der Waals surface area contributed by atoms with Crippen LogP contribution in [0.5, 0.6) is 0 Å². The molecule has 0 heterocycles. The molecular weight excluding hydrogens is 271 g/mol. The van der Waals surface area contributed by atoms with Crippen LogP contribution in [0.3, 0.4) is 0 Å². The van der Waals surface area contributed by atoms with Crippen molar-refractivity contribution in [2.45, 2.75) is 31.3 Å². The first-order valence-corrected chi connectivity index (χ1v) is 6.57. The first kappa shape index (κ1) is 10.7. The van der Waals surface area contributed by atoms with E-state index in [4.69, 9.17) is 0 Å². The SMILES string of the molecule is OC1(c2cccc(Br)c2F)CC2CCC1C2. The maximum atomic E-state index is 14.0. The Labute approximate surface area is 103 Å². The molecule has 2 bridgehead atoms. The van der Waals surface area contributed by atoms with Gasteiger partial charge in [-0.25, -0.2) is 4.39 Å². The standard InChI is InChI=1S/C13H14BrFO/c14-11-3-1-2-10(12(11)15)13(16)7-8-4-5-9(13)6-8/h1-3,8-9,16H,4-7H2. The lowest BCUT2D eigenvalue weighted by Gasteiger charge is -2.33. The van der Waals surface area contributed by atoms with Crippen LogP contribution in [0.15, 0.2) is 22.7 Å². The third kappa shape index (κ3) is 1.37. The Kier molecular flexibility index (Phi) is 2.37. The van der Waals surface area contributed by atoms with E-state index < -0.39 is 5.60 Å². The van der Waals surface area contributed by atoms with Crippen LogP contribution in [-0.2, 0) is 5.60 Å². The van der Waals surface area contributed by atoms with Crippen LogP contribution in [0, 0.1) is 17.7 Å². The zero-order chi connectivity index (χ0) is 11.3. The molecule has 3 unspecified atom stereocenters. The molecule has 16 heavy (non-hydrogen) atoms. The van der Waals surface area contributed by atoms with Crippen LogP contribution in [0.2, 0.25) is 0 Å². The van der Waals surface area contributed by atoms with Crippen LogP contribution in [-0.4, -0.2) is 5.11 Å². The normalized spacial score (nSPS) is 36.9. The predicted molar refractivity (Wildman–Crippen MR) is 63.4 cm³/mol. The van der Waals surface area contributed by atoms with E-state index in [1.165, 1.54) is 6.42 Å². The highest BCUT2D eigenvalue weighted by Gasteiger charge is 2.51. The Morgan fingerprint density at radius 2 is 2.19 bits per heavy atom. The Morgan fingerprint density at radius 1 is 1.38 bits per heavy atom. The summed E-state index contributed by atoms with van der Waals surface area (Å²) in [6.45, 7) is 0. The summed E-state index contributed by atoms with van der Waals surface area (Å²) in [6, 6.07) is 5.20. The molecule has 0 aromatic heterocycles. The predicted octanol–water partition coefficient (Wildman–Crippen LogP) is 3.60. The molecule has 0 saturated heterocycles. The topological polar surface area (TPSA) is 20.2 Å². The van der Waals surface area contributed by atoms with Crippen molar-refractivity contribution in [1.82, 2.24) is 0 Å². The second kappa shape index (κ2) is 3.54. The van der Waals surface area contributed by atoms with Gasteiger partial charge >= 0.3 is 0 Å². The number of halogens is 2.